The van der Waals surface area contributed by atoms with Gasteiger partial charge < -0.3 is 0 Å². The van der Waals surface area contributed by atoms with E-state index in [1.807, 2.05) is 6.92 Å². The lowest BCUT2D eigenvalue weighted by Gasteiger charge is -1.86. The van der Waals surface area contributed by atoms with Crippen LogP contribution in [0.3, 0.4) is 0 Å². The van der Waals surface area contributed by atoms with Gasteiger partial charge in [0, 0.05) is 22.8 Å². The van der Waals surface area contributed by atoms with Crippen molar-refractivity contribution in [3.63, 3.8) is 0 Å². The summed E-state index contributed by atoms with van der Waals surface area (Å²) in [5, 5.41) is 4.34. The maximum atomic E-state index is 4.36. The van der Waals surface area contributed by atoms with Gasteiger partial charge in [0.25, 0.3) is 0 Å². The first-order valence-electron chi connectivity index (χ1n) is 3.95. The highest BCUT2D eigenvalue weighted by Crippen LogP contribution is 2.09. The third-order valence-corrected chi connectivity index (χ3v) is 2.85. The fourth-order valence-corrected chi connectivity index (χ4v) is 1.87. The highest BCUT2D eigenvalue weighted by atomic mass is 79.9. The summed E-state index contributed by atoms with van der Waals surface area (Å²) in [6.45, 7) is 2.03. The van der Waals surface area contributed by atoms with Gasteiger partial charge in [0.05, 0.1) is 5.01 Å². The van der Waals surface area contributed by atoms with Crippen LogP contribution in [0.4, 0.5) is 0 Å². The molecule has 1 aromatic heterocycles. The Kier molecular flexibility index (Phi) is 4.54. The molecule has 0 aliphatic carbocycles. The summed E-state index contributed by atoms with van der Waals surface area (Å²) < 4.78 is 0. The zero-order chi connectivity index (χ0) is 8.81. The molecule has 0 spiro atoms. The molecule has 12 heavy (non-hydrogen) atoms. The highest BCUT2D eigenvalue weighted by Gasteiger charge is 1.93. The van der Waals surface area contributed by atoms with Crippen LogP contribution in [0.2, 0.25) is 0 Å². The summed E-state index contributed by atoms with van der Waals surface area (Å²) >= 11 is 5.11. The number of aromatic nitrogens is 1. The molecule has 1 heterocycles. The van der Waals surface area contributed by atoms with Gasteiger partial charge in [0.1, 0.15) is 0 Å². The van der Waals surface area contributed by atoms with Crippen LogP contribution in [-0.2, 0) is 6.42 Å². The van der Waals surface area contributed by atoms with Gasteiger partial charge in [-0.1, -0.05) is 28.1 Å². The third kappa shape index (κ3) is 3.50. The Balaban J connectivity index is 2.33. The largest absolute Gasteiger partial charge is 0.246 e. The second-order valence-electron chi connectivity index (χ2n) is 2.54. The molecular weight excluding hydrogens is 234 g/mol. The molecule has 0 saturated carbocycles. The van der Waals surface area contributed by atoms with Crippen molar-refractivity contribution in [1.29, 1.82) is 0 Å². The Hall–Kier alpha value is -0.150. The first-order chi connectivity index (χ1) is 5.83. The lowest BCUT2D eigenvalue weighted by Crippen LogP contribution is -1.79. The molecule has 0 unspecified atom stereocenters. The summed E-state index contributed by atoms with van der Waals surface area (Å²) in [7, 11) is 0. The predicted octanol–water partition coefficient (Wildman–Crippen LogP) is 3.34. The van der Waals surface area contributed by atoms with Gasteiger partial charge in [-0.2, -0.15) is 0 Å². The van der Waals surface area contributed by atoms with E-state index >= 15 is 0 Å². The Labute approximate surface area is 85.7 Å². The van der Waals surface area contributed by atoms with Crippen LogP contribution in [-0.4, -0.2) is 10.3 Å². The Morgan fingerprint density at radius 2 is 2.42 bits per heavy atom. The molecule has 1 nitrogen and oxygen atoms in total. The van der Waals surface area contributed by atoms with Crippen LogP contribution in [0.1, 0.15) is 17.1 Å². The first kappa shape index (κ1) is 9.93. The summed E-state index contributed by atoms with van der Waals surface area (Å²) in [6.07, 6.45) is 6.45. The van der Waals surface area contributed by atoms with Crippen LogP contribution < -0.4 is 0 Å². The normalized spacial score (nSPS) is 11.2. The van der Waals surface area contributed by atoms with Gasteiger partial charge in [-0.25, -0.2) is 4.98 Å². The first-order valence-corrected chi connectivity index (χ1v) is 5.95. The van der Waals surface area contributed by atoms with Crippen LogP contribution >= 0.6 is 27.3 Å². The van der Waals surface area contributed by atoms with E-state index in [9.17, 15) is 0 Å². The van der Waals surface area contributed by atoms with E-state index in [1.54, 1.807) is 11.3 Å². The van der Waals surface area contributed by atoms with Crippen molar-refractivity contribution < 1.29 is 0 Å². The van der Waals surface area contributed by atoms with Crippen LogP contribution in [0.15, 0.2) is 17.5 Å². The number of allylic oxidation sites excluding steroid dienone is 2. The van der Waals surface area contributed by atoms with Gasteiger partial charge >= 0.3 is 0 Å². The molecule has 0 aliphatic heterocycles. The zero-order valence-electron chi connectivity index (χ0n) is 7.09. The van der Waals surface area contributed by atoms with Crippen molar-refractivity contribution in [2.45, 2.75) is 19.8 Å². The minimum absolute atomic E-state index is 0.978. The Bertz CT molecular complexity index is 255. The van der Waals surface area contributed by atoms with Crippen molar-refractivity contribution in [2.24, 2.45) is 0 Å². The minimum atomic E-state index is 0.978. The number of alkyl halides is 1. The van der Waals surface area contributed by atoms with E-state index in [1.165, 1.54) is 5.01 Å². The maximum Gasteiger partial charge on any atom is 0.0965 e. The van der Waals surface area contributed by atoms with Crippen LogP contribution in [0.25, 0.3) is 0 Å². The molecule has 0 aliphatic rings. The number of rotatable bonds is 4. The Morgan fingerprint density at radius 3 is 3.00 bits per heavy atom. The van der Waals surface area contributed by atoms with E-state index < -0.39 is 0 Å². The summed E-state index contributed by atoms with van der Waals surface area (Å²) in [5.74, 6) is 0. The van der Waals surface area contributed by atoms with E-state index in [0.29, 0.717) is 0 Å². The average molecular weight is 246 g/mol. The molecule has 1 rings (SSSR count). The lowest BCUT2D eigenvalue weighted by atomic mass is 10.3. The monoisotopic (exact) mass is 245 g/mol. The zero-order valence-corrected chi connectivity index (χ0v) is 9.49. The molecule has 0 aromatic carbocycles. The van der Waals surface area contributed by atoms with E-state index in [-0.39, 0.29) is 0 Å². The van der Waals surface area contributed by atoms with Gasteiger partial charge in [0.2, 0.25) is 0 Å². The molecule has 0 atom stereocenters. The number of hydrogen-bond donors (Lipinski definition) is 0. The van der Waals surface area contributed by atoms with Crippen LogP contribution in [0, 0.1) is 6.92 Å². The van der Waals surface area contributed by atoms with E-state index in [2.05, 4.69) is 38.4 Å². The van der Waals surface area contributed by atoms with Gasteiger partial charge in [-0.15, -0.1) is 11.3 Å². The van der Waals surface area contributed by atoms with Crippen molar-refractivity contribution in [3.8, 4) is 0 Å². The average Bonchev–Trinajstić information content (AvgIpc) is 2.45. The van der Waals surface area contributed by atoms with Crippen LogP contribution in [0.5, 0.6) is 0 Å². The fourth-order valence-electron chi connectivity index (χ4n) is 0.861. The maximum absolute atomic E-state index is 4.36. The van der Waals surface area contributed by atoms with E-state index in [0.717, 1.165) is 23.9 Å². The number of thiazole rings is 1. The topological polar surface area (TPSA) is 12.9 Å². The predicted molar refractivity (Wildman–Crippen MR) is 58.1 cm³/mol. The van der Waals surface area contributed by atoms with Crippen molar-refractivity contribution >= 4 is 27.3 Å². The lowest BCUT2D eigenvalue weighted by molar-refractivity contribution is 1.12. The smallest absolute Gasteiger partial charge is 0.0965 e. The van der Waals surface area contributed by atoms with Gasteiger partial charge in [-0.3, -0.25) is 0 Å². The van der Waals surface area contributed by atoms with E-state index in [4.69, 9.17) is 0 Å². The van der Waals surface area contributed by atoms with Crippen molar-refractivity contribution in [3.05, 3.63) is 28.2 Å². The molecule has 0 radical (unpaired) electrons. The molecule has 0 N–H and O–H groups in total. The molecule has 0 amide bonds. The second kappa shape index (κ2) is 5.49. The molecule has 0 bridgehead atoms. The second-order valence-corrected chi connectivity index (χ2v) is 4.27. The molecule has 1 aromatic rings. The number of halogens is 1. The number of hydrogen-bond acceptors (Lipinski definition) is 2. The third-order valence-electron chi connectivity index (χ3n) is 1.40. The molecule has 0 fully saturated rings. The van der Waals surface area contributed by atoms with Crippen molar-refractivity contribution in [1.82, 2.24) is 4.98 Å². The number of aryl methyl sites for hydroxylation is 1. The van der Waals surface area contributed by atoms with Gasteiger partial charge in [-0.05, 0) is 13.3 Å². The van der Waals surface area contributed by atoms with Crippen molar-refractivity contribution in [2.75, 3.05) is 5.33 Å². The fraction of sp³-hybridized carbons (Fsp3) is 0.444. The minimum Gasteiger partial charge on any atom is -0.246 e. The highest BCUT2D eigenvalue weighted by molar-refractivity contribution is 9.09. The molecule has 0 saturated heterocycles. The number of nitrogens with zero attached hydrogens (tertiary/aromatic N) is 1. The molecule has 66 valence electrons. The molecule has 3 heteroatoms. The standard InChI is InChI=1S/C9H12BrNS/c1-8-7-12-9(11-8)5-3-2-4-6-10/h2-3,7H,4-6H2,1H3. The molecular formula is C9H12BrNS. The summed E-state index contributed by atoms with van der Waals surface area (Å²) in [6, 6.07) is 0. The quantitative estimate of drug-likeness (QED) is 0.586. The summed E-state index contributed by atoms with van der Waals surface area (Å²) in [4.78, 5) is 4.36. The Morgan fingerprint density at radius 1 is 1.58 bits per heavy atom. The summed E-state index contributed by atoms with van der Waals surface area (Å²) in [5.41, 5.74) is 1.13. The SMILES string of the molecule is Cc1csc(CC=CCCBr)n1. The van der Waals surface area contributed by atoms with Gasteiger partial charge in [0.15, 0.2) is 0 Å².